The molecule has 1 N–H and O–H groups in total. The summed E-state index contributed by atoms with van der Waals surface area (Å²) in [4.78, 5) is 32.2. The second kappa shape index (κ2) is 8.46. The molecule has 1 aromatic heterocycles. The Morgan fingerprint density at radius 2 is 2.00 bits per heavy atom. The van der Waals surface area contributed by atoms with Gasteiger partial charge < -0.3 is 19.5 Å². The maximum Gasteiger partial charge on any atom is 0.291 e. The zero-order valence-corrected chi connectivity index (χ0v) is 17.0. The number of fused-ring (bicyclic) bond motifs is 1. The highest BCUT2D eigenvalue weighted by Crippen LogP contribution is 2.27. The van der Waals surface area contributed by atoms with Crippen LogP contribution in [0.15, 0.2) is 18.2 Å². The van der Waals surface area contributed by atoms with Crippen LogP contribution in [0.3, 0.4) is 0 Å². The minimum Gasteiger partial charge on any atom is -0.495 e. The van der Waals surface area contributed by atoms with Crippen molar-refractivity contribution in [1.29, 1.82) is 0 Å². The summed E-state index contributed by atoms with van der Waals surface area (Å²) in [6.45, 7) is 7.77. The number of benzene rings is 1. The second-order valence-electron chi connectivity index (χ2n) is 6.97. The van der Waals surface area contributed by atoms with Crippen molar-refractivity contribution < 1.29 is 14.3 Å². The lowest BCUT2D eigenvalue weighted by Crippen LogP contribution is -2.31. The van der Waals surface area contributed by atoms with Crippen molar-refractivity contribution in [3.05, 3.63) is 41.0 Å². The Balaban J connectivity index is 1.97. The van der Waals surface area contributed by atoms with Gasteiger partial charge in [0.05, 0.1) is 18.5 Å². The van der Waals surface area contributed by atoms with Crippen LogP contribution in [0, 0.1) is 6.92 Å². The molecule has 0 radical (unpaired) electrons. The summed E-state index contributed by atoms with van der Waals surface area (Å²) in [7, 11) is 1.57. The van der Waals surface area contributed by atoms with Crippen LogP contribution in [0.5, 0.6) is 5.75 Å². The molecule has 7 heteroatoms. The van der Waals surface area contributed by atoms with Crippen molar-refractivity contribution in [3.8, 4) is 5.75 Å². The Bertz CT molecular complexity index is 884. The first-order chi connectivity index (χ1) is 13.5. The van der Waals surface area contributed by atoms with Crippen molar-refractivity contribution in [2.75, 3.05) is 25.5 Å². The molecule has 0 fully saturated rings. The van der Waals surface area contributed by atoms with Crippen LogP contribution in [0.2, 0.25) is 0 Å². The Morgan fingerprint density at radius 3 is 2.68 bits per heavy atom. The van der Waals surface area contributed by atoms with Crippen LogP contribution >= 0.6 is 0 Å². The number of carbonyl (C=O) groups excluding carboxylic acids is 2. The summed E-state index contributed by atoms with van der Waals surface area (Å²) in [6.07, 6.45) is 2.73. The predicted octanol–water partition coefficient (Wildman–Crippen LogP) is 3.27. The Hall–Kier alpha value is -2.83. The number of carbonyl (C=O) groups is 2. The quantitative estimate of drug-likeness (QED) is 0.829. The van der Waals surface area contributed by atoms with Crippen molar-refractivity contribution in [1.82, 2.24) is 14.5 Å². The molecule has 3 rings (SSSR count). The molecule has 2 heterocycles. The van der Waals surface area contributed by atoms with E-state index < -0.39 is 0 Å². The molecule has 0 unspecified atom stereocenters. The van der Waals surface area contributed by atoms with Gasteiger partial charge in [0.25, 0.3) is 11.8 Å². The number of aryl methyl sites for hydroxylation is 1. The van der Waals surface area contributed by atoms with Gasteiger partial charge in [-0.3, -0.25) is 9.59 Å². The third kappa shape index (κ3) is 3.74. The van der Waals surface area contributed by atoms with Crippen LogP contribution in [0.25, 0.3) is 0 Å². The fourth-order valence-corrected chi connectivity index (χ4v) is 3.65. The van der Waals surface area contributed by atoms with E-state index in [9.17, 15) is 9.59 Å². The molecule has 0 aliphatic carbocycles. The number of aromatic nitrogens is 2. The van der Waals surface area contributed by atoms with Crippen molar-refractivity contribution in [2.45, 2.75) is 46.6 Å². The molecule has 0 atom stereocenters. The highest BCUT2D eigenvalue weighted by molar-refractivity contribution is 6.04. The van der Waals surface area contributed by atoms with Crippen LogP contribution in [0.1, 0.15) is 59.1 Å². The number of rotatable bonds is 6. The molecule has 28 heavy (non-hydrogen) atoms. The topological polar surface area (TPSA) is 76.5 Å². The highest BCUT2D eigenvalue weighted by atomic mass is 16.5. The smallest absolute Gasteiger partial charge is 0.291 e. The minimum absolute atomic E-state index is 0.108. The fourth-order valence-electron chi connectivity index (χ4n) is 3.65. The Labute approximate surface area is 165 Å². The molecule has 2 aromatic rings. The standard InChI is InChI=1S/C21H28N4O3/c1-5-24(6-2)21(27)18-16-9-7-8-12-25(16)19(23-18)20(26)22-15-13-14(3)10-11-17(15)28-4/h10-11,13H,5-9,12H2,1-4H3,(H,22,26). The molecule has 7 nitrogen and oxygen atoms in total. The lowest BCUT2D eigenvalue weighted by atomic mass is 10.1. The van der Waals surface area contributed by atoms with E-state index in [0.29, 0.717) is 36.8 Å². The normalized spacial score (nSPS) is 13.0. The van der Waals surface area contributed by atoms with Crippen LogP contribution in [0.4, 0.5) is 5.69 Å². The number of nitrogens with one attached hydrogen (secondary N) is 1. The van der Waals surface area contributed by atoms with Crippen LogP contribution in [-0.4, -0.2) is 46.5 Å². The van der Waals surface area contributed by atoms with E-state index in [4.69, 9.17) is 4.74 Å². The van der Waals surface area contributed by atoms with E-state index in [1.807, 2.05) is 43.5 Å². The molecular formula is C21H28N4O3. The number of methoxy groups -OCH3 is 1. The predicted molar refractivity (Wildman–Crippen MR) is 108 cm³/mol. The first-order valence-electron chi connectivity index (χ1n) is 9.84. The molecule has 0 spiro atoms. The van der Waals surface area contributed by atoms with Gasteiger partial charge in [-0.15, -0.1) is 0 Å². The van der Waals surface area contributed by atoms with Gasteiger partial charge in [-0.05, 0) is 57.7 Å². The first kappa shape index (κ1) is 19.9. The molecular weight excluding hydrogens is 356 g/mol. The summed E-state index contributed by atoms with van der Waals surface area (Å²) in [5.74, 6) is 0.436. The summed E-state index contributed by atoms with van der Waals surface area (Å²) in [6, 6.07) is 5.60. The molecule has 0 saturated heterocycles. The first-order valence-corrected chi connectivity index (χ1v) is 9.84. The zero-order valence-electron chi connectivity index (χ0n) is 17.0. The van der Waals surface area contributed by atoms with Gasteiger partial charge in [0.2, 0.25) is 0 Å². The SMILES string of the molecule is CCN(CC)C(=O)c1nc(C(=O)Nc2cc(C)ccc2OC)n2c1CCCC2. The molecule has 2 amide bonds. The maximum atomic E-state index is 13.0. The molecule has 150 valence electrons. The number of anilines is 1. The number of imidazole rings is 1. The third-order valence-electron chi connectivity index (χ3n) is 5.18. The molecule has 0 saturated carbocycles. The lowest BCUT2D eigenvalue weighted by molar-refractivity contribution is 0.0766. The highest BCUT2D eigenvalue weighted by Gasteiger charge is 2.29. The van der Waals surface area contributed by atoms with Gasteiger partial charge in [0.15, 0.2) is 5.82 Å². The average Bonchev–Trinajstić information content (AvgIpc) is 3.09. The maximum absolute atomic E-state index is 13.0. The van der Waals surface area contributed by atoms with Gasteiger partial charge in [-0.25, -0.2) is 4.98 Å². The number of hydrogen-bond donors (Lipinski definition) is 1. The van der Waals surface area contributed by atoms with Crippen molar-refractivity contribution in [3.63, 3.8) is 0 Å². The van der Waals surface area contributed by atoms with E-state index in [1.54, 1.807) is 12.0 Å². The van der Waals surface area contributed by atoms with Gasteiger partial charge in [0, 0.05) is 19.6 Å². The van der Waals surface area contributed by atoms with Crippen LogP contribution < -0.4 is 10.1 Å². The summed E-state index contributed by atoms with van der Waals surface area (Å²) in [5.41, 5.74) is 2.88. The average molecular weight is 384 g/mol. The van der Waals surface area contributed by atoms with Crippen molar-refractivity contribution in [2.24, 2.45) is 0 Å². The molecule has 1 aliphatic rings. The van der Waals surface area contributed by atoms with Gasteiger partial charge in [-0.2, -0.15) is 0 Å². The molecule has 1 aliphatic heterocycles. The van der Waals surface area contributed by atoms with Gasteiger partial charge >= 0.3 is 0 Å². The fraction of sp³-hybridized carbons (Fsp3) is 0.476. The largest absolute Gasteiger partial charge is 0.495 e. The van der Waals surface area contributed by atoms with E-state index in [2.05, 4.69) is 10.3 Å². The Morgan fingerprint density at radius 1 is 1.25 bits per heavy atom. The van der Waals surface area contributed by atoms with Crippen molar-refractivity contribution >= 4 is 17.5 Å². The zero-order chi connectivity index (χ0) is 20.3. The monoisotopic (exact) mass is 384 g/mol. The molecule has 0 bridgehead atoms. The molecule has 1 aromatic carbocycles. The summed E-state index contributed by atoms with van der Waals surface area (Å²) >= 11 is 0. The Kier molecular flexibility index (Phi) is 6.02. The number of hydrogen-bond acceptors (Lipinski definition) is 4. The van der Waals surface area contributed by atoms with Gasteiger partial charge in [-0.1, -0.05) is 6.07 Å². The lowest BCUT2D eigenvalue weighted by Gasteiger charge is -2.20. The van der Waals surface area contributed by atoms with E-state index in [0.717, 1.165) is 30.5 Å². The summed E-state index contributed by atoms with van der Waals surface area (Å²) < 4.78 is 7.25. The number of amides is 2. The number of nitrogens with zero attached hydrogens (tertiary/aromatic N) is 3. The number of ether oxygens (including phenoxy) is 1. The van der Waals surface area contributed by atoms with Crippen LogP contribution in [-0.2, 0) is 13.0 Å². The van der Waals surface area contributed by atoms with E-state index in [1.165, 1.54) is 0 Å². The minimum atomic E-state index is -0.328. The van der Waals surface area contributed by atoms with Gasteiger partial charge in [0.1, 0.15) is 11.4 Å². The third-order valence-corrected chi connectivity index (χ3v) is 5.18. The second-order valence-corrected chi connectivity index (χ2v) is 6.97. The summed E-state index contributed by atoms with van der Waals surface area (Å²) in [5, 5.41) is 2.91. The van der Waals surface area contributed by atoms with E-state index in [-0.39, 0.29) is 17.6 Å². The van der Waals surface area contributed by atoms with E-state index >= 15 is 0 Å².